The van der Waals surface area contributed by atoms with E-state index in [1.807, 2.05) is 24.3 Å². The topological polar surface area (TPSA) is 65.5 Å². The lowest BCUT2D eigenvalue weighted by atomic mass is 10.1. The van der Waals surface area contributed by atoms with Gasteiger partial charge in [-0.05, 0) is 43.5 Å². The molecule has 0 heterocycles. The van der Waals surface area contributed by atoms with Crippen LogP contribution < -0.4 is 16.0 Å². The van der Waals surface area contributed by atoms with Crippen LogP contribution in [0.2, 0.25) is 0 Å². The maximum atomic E-state index is 11.2. The molecule has 0 atom stereocenters. The van der Waals surface area contributed by atoms with E-state index in [1.165, 1.54) is 23.6 Å². The highest BCUT2D eigenvalue weighted by atomic mass is 16.1. The molecule has 0 aliphatic carbocycles. The van der Waals surface area contributed by atoms with E-state index in [1.54, 1.807) is 7.05 Å². The molecule has 1 amide bonds. The van der Waals surface area contributed by atoms with E-state index in [0.717, 1.165) is 30.2 Å². The summed E-state index contributed by atoms with van der Waals surface area (Å²) in [7, 11) is 1.76. The van der Waals surface area contributed by atoms with Crippen LogP contribution in [0.1, 0.15) is 29.2 Å². The van der Waals surface area contributed by atoms with Gasteiger partial charge < -0.3 is 16.0 Å². The summed E-state index contributed by atoms with van der Waals surface area (Å²) < 4.78 is 0. The molecule has 0 spiro atoms. The summed E-state index contributed by atoms with van der Waals surface area (Å²) in [6.45, 7) is 7.20. The second-order valence-corrected chi connectivity index (χ2v) is 6.48. The summed E-state index contributed by atoms with van der Waals surface area (Å²) in [5.74, 6) is 0.693. The van der Waals surface area contributed by atoms with E-state index < -0.39 is 0 Å². The first-order valence-corrected chi connectivity index (χ1v) is 8.84. The Morgan fingerprint density at radius 1 is 1.00 bits per heavy atom. The molecule has 0 aliphatic heterocycles. The number of nitrogens with one attached hydrogen (secondary N) is 3. The Morgan fingerprint density at radius 3 is 2.38 bits per heavy atom. The number of hydrogen-bond donors (Lipinski definition) is 3. The van der Waals surface area contributed by atoms with Crippen molar-refractivity contribution in [3.63, 3.8) is 0 Å². The number of aryl methyl sites for hydroxylation is 2. The fourth-order valence-electron chi connectivity index (χ4n) is 2.91. The molecule has 3 N–H and O–H groups in total. The van der Waals surface area contributed by atoms with Gasteiger partial charge in [0.1, 0.15) is 0 Å². The van der Waals surface area contributed by atoms with E-state index in [9.17, 15) is 4.79 Å². The number of hydrogen-bond acceptors (Lipinski definition) is 2. The number of amides is 1. The number of guanidine groups is 1. The number of benzene rings is 2. The largest absolute Gasteiger partial charge is 0.356 e. The Labute approximate surface area is 155 Å². The number of anilines is 1. The van der Waals surface area contributed by atoms with E-state index >= 15 is 0 Å². The third-order valence-electron chi connectivity index (χ3n) is 3.92. The van der Waals surface area contributed by atoms with Crippen molar-refractivity contribution in [1.82, 2.24) is 10.6 Å². The summed E-state index contributed by atoms with van der Waals surface area (Å²) in [5.41, 5.74) is 5.79. The van der Waals surface area contributed by atoms with Crippen LogP contribution in [0, 0.1) is 13.8 Å². The first kappa shape index (κ1) is 19.5. The van der Waals surface area contributed by atoms with Gasteiger partial charge in [0.15, 0.2) is 5.96 Å². The fraction of sp³-hybridized carbons (Fsp3) is 0.333. The number of carbonyl (C=O) groups excluding carboxylic acids is 1. The van der Waals surface area contributed by atoms with Crippen molar-refractivity contribution in [3.05, 3.63) is 64.7 Å². The van der Waals surface area contributed by atoms with Crippen LogP contribution in [-0.2, 0) is 17.8 Å². The van der Waals surface area contributed by atoms with Gasteiger partial charge in [0.05, 0.1) is 0 Å². The molecule has 0 aromatic heterocycles. The monoisotopic (exact) mass is 352 g/mol. The Bertz CT molecular complexity index is 763. The molecular weight excluding hydrogens is 324 g/mol. The van der Waals surface area contributed by atoms with Crippen LogP contribution in [0.4, 0.5) is 5.69 Å². The fourth-order valence-corrected chi connectivity index (χ4v) is 2.91. The average Bonchev–Trinajstić information content (AvgIpc) is 2.57. The predicted molar refractivity (Wildman–Crippen MR) is 109 cm³/mol. The summed E-state index contributed by atoms with van der Waals surface area (Å²) >= 11 is 0. The highest BCUT2D eigenvalue weighted by Gasteiger charge is 2.02. The maximum absolute atomic E-state index is 11.2. The van der Waals surface area contributed by atoms with Crippen LogP contribution in [0.3, 0.4) is 0 Å². The smallest absolute Gasteiger partial charge is 0.221 e. The Balaban J connectivity index is 1.83. The van der Waals surface area contributed by atoms with Gasteiger partial charge in [0, 0.05) is 32.7 Å². The zero-order valence-electron chi connectivity index (χ0n) is 16.0. The molecule has 0 aliphatic rings. The molecule has 2 rings (SSSR count). The summed E-state index contributed by atoms with van der Waals surface area (Å²) in [6.07, 6.45) is 0.946. The summed E-state index contributed by atoms with van der Waals surface area (Å²) in [5, 5.41) is 9.44. The van der Waals surface area contributed by atoms with Gasteiger partial charge in [-0.1, -0.05) is 41.5 Å². The molecular formula is C21H28N4O. The molecule has 0 unspecified atom stereocenters. The van der Waals surface area contributed by atoms with Crippen molar-refractivity contribution in [3.8, 4) is 0 Å². The zero-order valence-corrected chi connectivity index (χ0v) is 16.0. The lowest BCUT2D eigenvalue weighted by Crippen LogP contribution is -2.37. The molecule has 0 radical (unpaired) electrons. The Kier molecular flexibility index (Phi) is 7.21. The molecule has 2 aromatic rings. The molecule has 138 valence electrons. The molecule has 0 saturated carbocycles. The van der Waals surface area contributed by atoms with Crippen LogP contribution >= 0.6 is 0 Å². The van der Waals surface area contributed by atoms with Crippen molar-refractivity contribution in [2.24, 2.45) is 4.99 Å². The average molecular weight is 352 g/mol. The van der Waals surface area contributed by atoms with Crippen LogP contribution in [0.25, 0.3) is 0 Å². The van der Waals surface area contributed by atoms with Gasteiger partial charge in [-0.3, -0.25) is 9.79 Å². The second-order valence-electron chi connectivity index (χ2n) is 6.48. The minimum atomic E-state index is -0.0704. The Hall–Kier alpha value is -2.82. The first-order chi connectivity index (χ1) is 12.5. The summed E-state index contributed by atoms with van der Waals surface area (Å²) in [6, 6.07) is 14.4. The van der Waals surface area contributed by atoms with E-state index in [-0.39, 0.29) is 5.91 Å². The maximum Gasteiger partial charge on any atom is 0.221 e. The molecule has 2 aromatic carbocycles. The summed E-state index contributed by atoms with van der Waals surface area (Å²) in [4.78, 5) is 15.4. The van der Waals surface area contributed by atoms with Crippen molar-refractivity contribution >= 4 is 17.6 Å². The minimum Gasteiger partial charge on any atom is -0.356 e. The lowest BCUT2D eigenvalue weighted by molar-refractivity contribution is -0.114. The normalized spacial score (nSPS) is 11.2. The van der Waals surface area contributed by atoms with E-state index in [4.69, 9.17) is 0 Å². The van der Waals surface area contributed by atoms with Crippen molar-refractivity contribution < 1.29 is 4.79 Å². The van der Waals surface area contributed by atoms with Crippen molar-refractivity contribution in [1.29, 1.82) is 0 Å². The first-order valence-electron chi connectivity index (χ1n) is 8.84. The Morgan fingerprint density at radius 2 is 1.73 bits per heavy atom. The third kappa shape index (κ3) is 6.59. The predicted octanol–water partition coefficient (Wildman–Crippen LogP) is 3.17. The van der Waals surface area contributed by atoms with Crippen LogP contribution in [0.15, 0.2) is 47.5 Å². The van der Waals surface area contributed by atoms with Crippen LogP contribution in [-0.4, -0.2) is 25.5 Å². The third-order valence-corrected chi connectivity index (χ3v) is 3.92. The molecule has 0 fully saturated rings. The van der Waals surface area contributed by atoms with E-state index in [0.29, 0.717) is 6.54 Å². The standard InChI is InChI=1S/C21H28N4O/c1-15-10-16(2)12-18(11-15)8-9-23-21(22-4)24-14-19-6-5-7-20(13-19)25-17(3)26/h5-7,10-13H,8-9,14H2,1-4H3,(H,25,26)(H2,22,23,24). The quantitative estimate of drug-likeness (QED) is 0.553. The van der Waals surface area contributed by atoms with Crippen molar-refractivity contribution in [2.45, 2.75) is 33.7 Å². The molecule has 26 heavy (non-hydrogen) atoms. The van der Waals surface area contributed by atoms with Crippen molar-refractivity contribution in [2.75, 3.05) is 18.9 Å². The zero-order chi connectivity index (χ0) is 18.9. The van der Waals surface area contributed by atoms with Gasteiger partial charge in [0.2, 0.25) is 5.91 Å². The number of rotatable bonds is 6. The SMILES string of the molecule is CN=C(NCCc1cc(C)cc(C)c1)NCc1cccc(NC(C)=O)c1. The molecule has 5 heteroatoms. The lowest BCUT2D eigenvalue weighted by Gasteiger charge is -2.13. The highest BCUT2D eigenvalue weighted by molar-refractivity contribution is 5.88. The molecule has 0 saturated heterocycles. The number of aliphatic imine (C=N–C) groups is 1. The minimum absolute atomic E-state index is 0.0704. The van der Waals surface area contributed by atoms with E-state index in [2.05, 4.69) is 53.0 Å². The van der Waals surface area contributed by atoms with Gasteiger partial charge in [-0.25, -0.2) is 0 Å². The van der Waals surface area contributed by atoms with Gasteiger partial charge in [-0.2, -0.15) is 0 Å². The highest BCUT2D eigenvalue weighted by Crippen LogP contribution is 2.11. The van der Waals surface area contributed by atoms with Gasteiger partial charge in [0.25, 0.3) is 0 Å². The molecule has 5 nitrogen and oxygen atoms in total. The number of nitrogens with zero attached hydrogens (tertiary/aromatic N) is 1. The van der Waals surface area contributed by atoms with Gasteiger partial charge >= 0.3 is 0 Å². The molecule has 0 bridgehead atoms. The van der Waals surface area contributed by atoms with Gasteiger partial charge in [-0.15, -0.1) is 0 Å². The number of carbonyl (C=O) groups is 1. The second kappa shape index (κ2) is 9.61. The van der Waals surface area contributed by atoms with Crippen LogP contribution in [0.5, 0.6) is 0 Å².